The Morgan fingerprint density at radius 3 is 2.26 bits per heavy atom. The van der Waals surface area contributed by atoms with Crippen molar-refractivity contribution in [2.45, 2.75) is 63.6 Å². The molecule has 19 heavy (non-hydrogen) atoms. The Labute approximate surface area is 113 Å². The molecule has 106 valence electrons. The lowest BCUT2D eigenvalue weighted by Crippen LogP contribution is -2.51. The highest BCUT2D eigenvalue weighted by Gasteiger charge is 2.45. The van der Waals surface area contributed by atoms with E-state index in [1.54, 1.807) is 0 Å². The molecule has 5 heteroatoms. The summed E-state index contributed by atoms with van der Waals surface area (Å²) in [5.41, 5.74) is 0. The molecule has 4 atom stereocenters. The van der Waals surface area contributed by atoms with Crippen LogP contribution in [-0.4, -0.2) is 40.1 Å². The Hall–Kier alpha value is -1.26. The Kier molecular flexibility index (Phi) is 3.15. The fourth-order valence-corrected chi connectivity index (χ4v) is 3.79. The second-order valence-corrected chi connectivity index (χ2v) is 6.50. The first-order valence-corrected chi connectivity index (χ1v) is 7.35. The van der Waals surface area contributed by atoms with Gasteiger partial charge in [0.15, 0.2) is 0 Å². The van der Waals surface area contributed by atoms with E-state index in [2.05, 4.69) is 12.2 Å². The second kappa shape index (κ2) is 4.69. The number of carboxylic acid groups (broad SMARTS) is 1. The summed E-state index contributed by atoms with van der Waals surface area (Å²) in [7, 11) is 0. The van der Waals surface area contributed by atoms with Gasteiger partial charge in [0.2, 0.25) is 0 Å². The summed E-state index contributed by atoms with van der Waals surface area (Å²) in [5.74, 6) is 0.152. The number of carbonyl (C=O) groups excluding carboxylic acids is 1. The van der Waals surface area contributed by atoms with Gasteiger partial charge in [-0.25, -0.2) is 4.79 Å². The smallest absolute Gasteiger partial charge is 0.318 e. The Balaban J connectivity index is 1.59. The summed E-state index contributed by atoms with van der Waals surface area (Å²) in [6, 6.07) is 0.966. The van der Waals surface area contributed by atoms with Crippen LogP contribution in [0, 0.1) is 11.8 Å². The van der Waals surface area contributed by atoms with Crippen LogP contribution >= 0.6 is 0 Å². The number of fused-ring (bicyclic) bond motifs is 2. The molecule has 0 aromatic carbocycles. The number of urea groups is 1. The van der Waals surface area contributed by atoms with Gasteiger partial charge in [0.25, 0.3) is 0 Å². The summed E-state index contributed by atoms with van der Waals surface area (Å²) in [6.07, 6.45) is 5.13. The van der Waals surface area contributed by atoms with Crippen LogP contribution in [0.4, 0.5) is 4.79 Å². The third kappa shape index (κ3) is 2.55. The quantitative estimate of drug-likeness (QED) is 0.818. The molecule has 0 spiro atoms. The van der Waals surface area contributed by atoms with Gasteiger partial charge in [0.1, 0.15) is 0 Å². The summed E-state index contributed by atoms with van der Waals surface area (Å²) in [6.45, 7) is 2.15. The van der Waals surface area contributed by atoms with Crippen LogP contribution < -0.4 is 5.32 Å². The van der Waals surface area contributed by atoms with Gasteiger partial charge in [-0.15, -0.1) is 0 Å². The molecule has 3 fully saturated rings. The molecule has 2 saturated heterocycles. The zero-order chi connectivity index (χ0) is 13.6. The van der Waals surface area contributed by atoms with Gasteiger partial charge < -0.3 is 15.3 Å². The maximum atomic E-state index is 12.3. The molecule has 1 saturated carbocycles. The topological polar surface area (TPSA) is 69.6 Å². The number of rotatable bonds is 3. The van der Waals surface area contributed by atoms with Gasteiger partial charge in [-0.05, 0) is 43.9 Å². The monoisotopic (exact) mass is 266 g/mol. The van der Waals surface area contributed by atoms with Crippen LogP contribution in [0.3, 0.4) is 0 Å². The van der Waals surface area contributed by atoms with Gasteiger partial charge in [0, 0.05) is 24.5 Å². The fourth-order valence-electron chi connectivity index (χ4n) is 3.79. The SMILES string of the molecule is CC1CC1NC(=O)N1C2CCC1CC(CC(=O)O)C2. The van der Waals surface area contributed by atoms with Crippen molar-refractivity contribution in [3.8, 4) is 0 Å². The minimum atomic E-state index is -0.714. The lowest BCUT2D eigenvalue weighted by molar-refractivity contribution is -0.138. The number of nitrogens with zero attached hydrogens (tertiary/aromatic N) is 1. The second-order valence-electron chi connectivity index (χ2n) is 6.50. The molecule has 4 unspecified atom stereocenters. The highest BCUT2D eigenvalue weighted by Crippen LogP contribution is 2.40. The van der Waals surface area contributed by atoms with Crippen LogP contribution in [0.2, 0.25) is 0 Å². The molecule has 1 aliphatic carbocycles. The minimum Gasteiger partial charge on any atom is -0.481 e. The molecule has 2 aliphatic heterocycles. The van der Waals surface area contributed by atoms with Gasteiger partial charge in [-0.3, -0.25) is 4.79 Å². The van der Waals surface area contributed by atoms with E-state index in [1.807, 2.05) is 4.90 Å². The lowest BCUT2D eigenvalue weighted by atomic mass is 9.88. The van der Waals surface area contributed by atoms with Gasteiger partial charge in [-0.1, -0.05) is 6.92 Å². The molecule has 0 aromatic rings. The number of piperidine rings is 1. The molecule has 2 heterocycles. The van der Waals surface area contributed by atoms with Gasteiger partial charge in [-0.2, -0.15) is 0 Å². The van der Waals surface area contributed by atoms with Crippen molar-refractivity contribution in [1.82, 2.24) is 10.2 Å². The van der Waals surface area contributed by atoms with E-state index in [9.17, 15) is 9.59 Å². The third-order valence-electron chi connectivity index (χ3n) is 4.95. The van der Waals surface area contributed by atoms with E-state index < -0.39 is 5.97 Å². The molecule has 2 N–H and O–H groups in total. The van der Waals surface area contributed by atoms with Crippen molar-refractivity contribution in [3.05, 3.63) is 0 Å². The van der Waals surface area contributed by atoms with E-state index in [-0.39, 0.29) is 30.5 Å². The van der Waals surface area contributed by atoms with Crippen LogP contribution in [0.25, 0.3) is 0 Å². The summed E-state index contributed by atoms with van der Waals surface area (Å²) >= 11 is 0. The Bertz CT molecular complexity index is 384. The molecule has 3 rings (SSSR count). The highest BCUT2D eigenvalue weighted by atomic mass is 16.4. The summed E-state index contributed by atoms with van der Waals surface area (Å²) < 4.78 is 0. The van der Waals surface area contributed by atoms with Crippen molar-refractivity contribution in [2.24, 2.45) is 11.8 Å². The third-order valence-corrected chi connectivity index (χ3v) is 4.95. The van der Waals surface area contributed by atoms with Gasteiger partial charge >= 0.3 is 12.0 Å². The molecular weight excluding hydrogens is 244 g/mol. The van der Waals surface area contributed by atoms with E-state index >= 15 is 0 Å². The van der Waals surface area contributed by atoms with Crippen LogP contribution in [0.1, 0.15) is 45.4 Å². The maximum Gasteiger partial charge on any atom is 0.318 e. The number of carbonyl (C=O) groups is 2. The summed E-state index contributed by atoms with van der Waals surface area (Å²) in [4.78, 5) is 25.1. The maximum absolute atomic E-state index is 12.3. The van der Waals surface area contributed by atoms with Crippen molar-refractivity contribution in [1.29, 1.82) is 0 Å². The van der Waals surface area contributed by atoms with Crippen molar-refractivity contribution < 1.29 is 14.7 Å². The number of carboxylic acids is 1. The van der Waals surface area contributed by atoms with Gasteiger partial charge in [0.05, 0.1) is 0 Å². The molecule has 3 aliphatic rings. The number of hydrogen-bond donors (Lipinski definition) is 2. The zero-order valence-electron chi connectivity index (χ0n) is 11.3. The lowest BCUT2D eigenvalue weighted by Gasteiger charge is -2.38. The molecule has 0 radical (unpaired) electrons. The molecule has 2 amide bonds. The predicted molar refractivity (Wildman–Crippen MR) is 69.7 cm³/mol. The first kappa shape index (κ1) is 12.8. The molecule has 2 bridgehead atoms. The normalized spacial score (nSPS) is 40.1. The van der Waals surface area contributed by atoms with E-state index in [4.69, 9.17) is 5.11 Å². The van der Waals surface area contributed by atoms with Crippen LogP contribution in [0.5, 0.6) is 0 Å². The van der Waals surface area contributed by atoms with Crippen molar-refractivity contribution >= 4 is 12.0 Å². The molecule has 5 nitrogen and oxygen atoms in total. The predicted octanol–water partition coefficient (Wildman–Crippen LogP) is 1.82. The first-order chi connectivity index (χ1) is 9.04. The minimum absolute atomic E-state index is 0.0793. The summed E-state index contributed by atoms with van der Waals surface area (Å²) in [5, 5.41) is 12.0. The molecule has 0 aromatic heterocycles. The number of amides is 2. The zero-order valence-corrected chi connectivity index (χ0v) is 11.3. The van der Waals surface area contributed by atoms with E-state index in [0.29, 0.717) is 12.0 Å². The average Bonchev–Trinajstić information content (AvgIpc) is 2.92. The fraction of sp³-hybridized carbons (Fsp3) is 0.857. The van der Waals surface area contributed by atoms with Crippen LogP contribution in [-0.2, 0) is 4.79 Å². The number of hydrogen-bond acceptors (Lipinski definition) is 2. The molecular formula is C14H22N2O3. The standard InChI is InChI=1S/C14H22N2O3/c1-8-4-12(8)15-14(19)16-10-2-3-11(16)6-9(5-10)7-13(17)18/h8-12H,2-7H2,1H3,(H,15,19)(H,17,18). The van der Waals surface area contributed by atoms with Crippen molar-refractivity contribution in [3.63, 3.8) is 0 Å². The van der Waals surface area contributed by atoms with Crippen molar-refractivity contribution in [2.75, 3.05) is 0 Å². The Morgan fingerprint density at radius 2 is 1.79 bits per heavy atom. The highest BCUT2D eigenvalue weighted by molar-refractivity contribution is 5.76. The Morgan fingerprint density at radius 1 is 1.21 bits per heavy atom. The number of nitrogens with one attached hydrogen (secondary N) is 1. The van der Waals surface area contributed by atoms with E-state index in [1.165, 1.54) is 0 Å². The van der Waals surface area contributed by atoms with E-state index in [0.717, 1.165) is 32.1 Å². The first-order valence-electron chi connectivity index (χ1n) is 7.35. The van der Waals surface area contributed by atoms with Crippen LogP contribution in [0.15, 0.2) is 0 Å². The number of aliphatic carboxylic acids is 1. The average molecular weight is 266 g/mol. The largest absolute Gasteiger partial charge is 0.481 e.